The molecule has 0 saturated carbocycles. The summed E-state index contributed by atoms with van der Waals surface area (Å²) in [6, 6.07) is 16.0. The zero-order valence-electron chi connectivity index (χ0n) is 15.8. The number of ether oxygens (including phenoxy) is 1. The van der Waals surface area contributed by atoms with Gasteiger partial charge in [0.15, 0.2) is 0 Å². The predicted molar refractivity (Wildman–Crippen MR) is 115 cm³/mol. The number of rotatable bonds is 8. The fourth-order valence-corrected chi connectivity index (χ4v) is 3.86. The topological polar surface area (TPSA) is 44.1 Å². The van der Waals surface area contributed by atoms with Gasteiger partial charge >= 0.3 is 5.30 Å². The second-order valence-corrected chi connectivity index (χ2v) is 8.18. The predicted octanol–water partition coefficient (Wildman–Crippen LogP) is 6.09. The van der Waals surface area contributed by atoms with Gasteiger partial charge in [-0.05, 0) is 54.8 Å². The van der Waals surface area contributed by atoms with Crippen LogP contribution in [0.4, 0.5) is 4.79 Å². The summed E-state index contributed by atoms with van der Waals surface area (Å²) < 4.78 is 7.41. The first-order chi connectivity index (χ1) is 13.6. The van der Waals surface area contributed by atoms with Gasteiger partial charge in [0.1, 0.15) is 0 Å². The largest absolute Gasteiger partial charge is 0.458 e. The molecule has 4 nitrogen and oxygen atoms in total. The molecule has 0 spiro atoms. The number of aryl methyl sites for hydroxylation is 2. The number of hydrogen-bond acceptors (Lipinski definition) is 4. The summed E-state index contributed by atoms with van der Waals surface area (Å²) in [5.74, 6) is 0. The van der Waals surface area contributed by atoms with Gasteiger partial charge < -0.3 is 9.30 Å². The molecule has 0 aliphatic heterocycles. The van der Waals surface area contributed by atoms with E-state index in [0.717, 1.165) is 18.4 Å². The Morgan fingerprint density at radius 2 is 1.93 bits per heavy atom. The maximum Gasteiger partial charge on any atom is 0.367 e. The van der Waals surface area contributed by atoms with E-state index in [-0.39, 0.29) is 10.6 Å². The Bertz CT molecular complexity index is 865. The van der Waals surface area contributed by atoms with Crippen molar-refractivity contribution in [2.75, 3.05) is 6.61 Å². The Morgan fingerprint density at radius 1 is 1.18 bits per heavy atom. The Morgan fingerprint density at radius 3 is 2.61 bits per heavy atom. The molecule has 0 amide bonds. The lowest BCUT2D eigenvalue weighted by Gasteiger charge is -2.17. The molecule has 0 radical (unpaired) electrons. The summed E-state index contributed by atoms with van der Waals surface area (Å²) in [6.45, 7) is 3.12. The van der Waals surface area contributed by atoms with Crippen LogP contribution in [0.5, 0.6) is 0 Å². The zero-order valence-corrected chi connectivity index (χ0v) is 17.3. The summed E-state index contributed by atoms with van der Waals surface area (Å²) >= 11 is 7.19. The molecule has 6 heteroatoms. The summed E-state index contributed by atoms with van der Waals surface area (Å²) in [6.07, 6.45) is 7.07. The van der Waals surface area contributed by atoms with Crippen molar-refractivity contribution >= 4 is 28.7 Å². The van der Waals surface area contributed by atoms with Gasteiger partial charge in [0.2, 0.25) is 0 Å². The molecule has 28 heavy (non-hydrogen) atoms. The molecule has 0 fully saturated rings. The van der Waals surface area contributed by atoms with E-state index in [9.17, 15) is 4.79 Å². The quantitative estimate of drug-likeness (QED) is 0.330. The Hall–Kier alpha value is -2.24. The second kappa shape index (κ2) is 10.3. The molecule has 3 aromatic rings. The van der Waals surface area contributed by atoms with Crippen molar-refractivity contribution in [1.29, 1.82) is 0 Å². The molecule has 2 aromatic carbocycles. The van der Waals surface area contributed by atoms with Crippen LogP contribution >= 0.6 is 23.4 Å². The average Bonchev–Trinajstić information content (AvgIpc) is 3.20. The number of hydrogen-bond donors (Lipinski definition) is 0. The highest BCUT2D eigenvalue weighted by atomic mass is 35.5. The van der Waals surface area contributed by atoms with Gasteiger partial charge in [-0.2, -0.15) is 0 Å². The molecule has 146 valence electrons. The molecule has 1 heterocycles. The number of imidazole rings is 1. The van der Waals surface area contributed by atoms with Gasteiger partial charge in [0.05, 0.1) is 18.2 Å². The van der Waals surface area contributed by atoms with Gasteiger partial charge in [-0.3, -0.25) is 0 Å². The third-order valence-corrected chi connectivity index (χ3v) is 5.63. The Labute approximate surface area is 174 Å². The minimum Gasteiger partial charge on any atom is -0.458 e. The van der Waals surface area contributed by atoms with Crippen molar-refractivity contribution in [1.82, 2.24) is 9.55 Å². The van der Waals surface area contributed by atoms with Crippen molar-refractivity contribution in [2.24, 2.45) is 0 Å². The fraction of sp³-hybridized carbons (Fsp3) is 0.273. The van der Waals surface area contributed by atoms with E-state index in [0.29, 0.717) is 18.2 Å². The van der Waals surface area contributed by atoms with E-state index in [1.165, 1.54) is 22.9 Å². The van der Waals surface area contributed by atoms with Crippen LogP contribution in [-0.4, -0.2) is 21.5 Å². The third kappa shape index (κ3) is 6.43. The standard InChI is InChI=1S/C22H23ClN2O2S/c1-17-4-6-18(7-5-17)3-2-14-27-22(26)28-21(15-25-13-12-24-16-25)19-8-10-20(23)11-9-19/h4-13,16,21H,2-3,14-15H2,1H3. The van der Waals surface area contributed by atoms with Crippen LogP contribution < -0.4 is 0 Å². The van der Waals surface area contributed by atoms with Crippen LogP contribution in [0.2, 0.25) is 5.02 Å². The van der Waals surface area contributed by atoms with E-state index in [2.05, 4.69) is 36.2 Å². The Balaban J connectivity index is 1.51. The number of nitrogens with zero attached hydrogens (tertiary/aromatic N) is 2. The molecule has 0 saturated heterocycles. The smallest absolute Gasteiger partial charge is 0.367 e. The van der Waals surface area contributed by atoms with E-state index < -0.39 is 0 Å². The maximum absolute atomic E-state index is 12.4. The normalized spacial score (nSPS) is 11.9. The van der Waals surface area contributed by atoms with Crippen molar-refractivity contribution in [3.8, 4) is 0 Å². The van der Waals surface area contributed by atoms with Crippen LogP contribution in [0.1, 0.15) is 28.4 Å². The SMILES string of the molecule is Cc1ccc(CCCOC(=O)SC(Cn2ccnc2)c2ccc(Cl)cc2)cc1. The molecule has 1 atom stereocenters. The van der Waals surface area contributed by atoms with Gasteiger partial charge in [-0.15, -0.1) is 0 Å². The molecule has 1 unspecified atom stereocenters. The van der Waals surface area contributed by atoms with Gasteiger partial charge in [0, 0.05) is 24.0 Å². The van der Waals surface area contributed by atoms with Crippen molar-refractivity contribution in [3.63, 3.8) is 0 Å². The molecule has 3 rings (SSSR count). The lowest BCUT2D eigenvalue weighted by atomic mass is 10.1. The monoisotopic (exact) mass is 414 g/mol. The van der Waals surface area contributed by atoms with Gasteiger partial charge in [-0.25, -0.2) is 9.78 Å². The molecule has 0 aliphatic carbocycles. The second-order valence-electron chi connectivity index (χ2n) is 6.61. The van der Waals surface area contributed by atoms with E-state index >= 15 is 0 Å². The lowest BCUT2D eigenvalue weighted by Crippen LogP contribution is -2.09. The van der Waals surface area contributed by atoms with Gasteiger partial charge in [0.25, 0.3) is 0 Å². The van der Waals surface area contributed by atoms with Crippen LogP contribution in [0.25, 0.3) is 0 Å². The summed E-state index contributed by atoms with van der Waals surface area (Å²) in [4.78, 5) is 16.4. The summed E-state index contributed by atoms with van der Waals surface area (Å²) in [5.41, 5.74) is 3.53. The number of halogens is 1. The van der Waals surface area contributed by atoms with Crippen LogP contribution in [-0.2, 0) is 17.7 Å². The van der Waals surface area contributed by atoms with Crippen molar-refractivity contribution < 1.29 is 9.53 Å². The van der Waals surface area contributed by atoms with E-state index in [4.69, 9.17) is 16.3 Å². The number of carbonyl (C=O) groups excluding carboxylic acids is 1. The number of aromatic nitrogens is 2. The molecule has 0 bridgehead atoms. The zero-order chi connectivity index (χ0) is 19.8. The van der Waals surface area contributed by atoms with E-state index in [1.807, 2.05) is 35.0 Å². The van der Waals surface area contributed by atoms with Crippen LogP contribution in [0, 0.1) is 6.92 Å². The first-order valence-electron chi connectivity index (χ1n) is 9.20. The average molecular weight is 415 g/mol. The first-order valence-corrected chi connectivity index (χ1v) is 10.5. The Kier molecular flexibility index (Phi) is 7.57. The molecular formula is C22H23ClN2O2S. The maximum atomic E-state index is 12.4. The van der Waals surface area contributed by atoms with Gasteiger partial charge in [-0.1, -0.05) is 53.6 Å². The molecule has 0 aliphatic rings. The number of benzene rings is 2. The van der Waals surface area contributed by atoms with Crippen molar-refractivity contribution in [3.05, 3.63) is 89.0 Å². The van der Waals surface area contributed by atoms with Crippen LogP contribution in [0.3, 0.4) is 0 Å². The first kappa shape index (κ1) is 20.5. The highest BCUT2D eigenvalue weighted by Gasteiger charge is 2.19. The third-order valence-electron chi connectivity index (χ3n) is 4.37. The molecular weight excluding hydrogens is 392 g/mol. The van der Waals surface area contributed by atoms with Crippen LogP contribution in [0.15, 0.2) is 67.3 Å². The summed E-state index contributed by atoms with van der Waals surface area (Å²) in [5, 5.41) is 0.342. The molecule has 0 N–H and O–H groups in total. The highest BCUT2D eigenvalue weighted by molar-refractivity contribution is 8.13. The van der Waals surface area contributed by atoms with Crippen molar-refractivity contribution in [2.45, 2.75) is 31.6 Å². The highest BCUT2D eigenvalue weighted by Crippen LogP contribution is 2.32. The van der Waals surface area contributed by atoms with E-state index in [1.54, 1.807) is 12.5 Å². The lowest BCUT2D eigenvalue weighted by molar-refractivity contribution is 0.173. The molecule has 1 aromatic heterocycles. The minimum absolute atomic E-state index is 0.0731. The number of carbonyl (C=O) groups is 1. The summed E-state index contributed by atoms with van der Waals surface area (Å²) in [7, 11) is 0. The number of thioether (sulfide) groups is 1. The fourth-order valence-electron chi connectivity index (χ4n) is 2.81. The minimum atomic E-state index is -0.260.